The number of anilines is 3. The minimum absolute atomic E-state index is 0.456. The summed E-state index contributed by atoms with van der Waals surface area (Å²) in [4.78, 5) is 2.40. The number of rotatable bonds is 3. The van der Waals surface area contributed by atoms with Gasteiger partial charge in [0, 0.05) is 34.8 Å². The van der Waals surface area contributed by atoms with Crippen molar-refractivity contribution in [1.82, 2.24) is 4.57 Å². The molecule has 12 rings (SSSR count). The van der Waals surface area contributed by atoms with Crippen LogP contribution in [0.25, 0.3) is 67.0 Å². The van der Waals surface area contributed by atoms with Crippen LogP contribution in [0.5, 0.6) is 0 Å². The molecular weight excluding hydrogens is 629 g/mol. The first-order valence-electron chi connectivity index (χ1n) is 18.2. The molecule has 1 spiro atoms. The van der Waals surface area contributed by atoms with Gasteiger partial charge >= 0.3 is 0 Å². The highest BCUT2D eigenvalue weighted by atomic mass is 15.2. The van der Waals surface area contributed by atoms with Gasteiger partial charge in [-0.05, 0) is 91.2 Å². The maximum atomic E-state index is 2.49. The Bertz CT molecular complexity index is 2920. The number of aryl methyl sites for hydroxylation is 1. The first-order chi connectivity index (χ1) is 25.7. The van der Waals surface area contributed by atoms with Crippen molar-refractivity contribution in [2.75, 3.05) is 4.90 Å². The van der Waals surface area contributed by atoms with Gasteiger partial charge in [0.15, 0.2) is 0 Å². The second-order valence-electron chi connectivity index (χ2n) is 14.5. The number of hydrogen-bond donors (Lipinski definition) is 0. The van der Waals surface area contributed by atoms with Gasteiger partial charge in [-0.25, -0.2) is 0 Å². The lowest BCUT2D eigenvalue weighted by Gasteiger charge is -2.40. The molecule has 1 heterocycles. The summed E-state index contributed by atoms with van der Waals surface area (Å²) in [6.07, 6.45) is 4.59. The fourth-order valence-corrected chi connectivity index (χ4v) is 10.2. The molecule has 3 aliphatic carbocycles. The molecule has 0 atom stereocenters. The van der Waals surface area contributed by atoms with Gasteiger partial charge in [-0.15, -0.1) is 0 Å². The number of hydrogen-bond acceptors (Lipinski definition) is 1. The van der Waals surface area contributed by atoms with Crippen LogP contribution in [0.15, 0.2) is 164 Å². The third-order valence-corrected chi connectivity index (χ3v) is 12.1. The van der Waals surface area contributed by atoms with Crippen LogP contribution in [-0.4, -0.2) is 4.57 Å². The zero-order valence-corrected chi connectivity index (χ0v) is 28.6. The molecule has 242 valence electrons. The highest BCUT2D eigenvalue weighted by Crippen LogP contribution is 2.63. The van der Waals surface area contributed by atoms with E-state index in [-0.39, 0.29) is 0 Å². The molecule has 1 aromatic heterocycles. The first-order valence-corrected chi connectivity index (χ1v) is 18.2. The summed E-state index contributed by atoms with van der Waals surface area (Å²) in [5.74, 6) is 0. The molecule has 0 amide bonds. The largest absolute Gasteiger partial charge is 0.341 e. The van der Waals surface area contributed by atoms with Gasteiger partial charge in [-0.2, -0.15) is 0 Å². The molecule has 0 bridgehead atoms. The fraction of sp³-hybridized carbons (Fsp3) is 0.0400. The van der Waals surface area contributed by atoms with Crippen LogP contribution in [0.4, 0.5) is 17.1 Å². The number of benzene rings is 8. The van der Waals surface area contributed by atoms with E-state index >= 15 is 0 Å². The van der Waals surface area contributed by atoms with E-state index < -0.39 is 5.41 Å². The van der Waals surface area contributed by atoms with E-state index in [1.165, 1.54) is 88.2 Å². The van der Waals surface area contributed by atoms with E-state index in [0.717, 1.165) is 17.1 Å². The topological polar surface area (TPSA) is 8.17 Å². The zero-order chi connectivity index (χ0) is 34.1. The minimum atomic E-state index is -0.456. The van der Waals surface area contributed by atoms with Crippen LogP contribution in [0.3, 0.4) is 0 Å². The van der Waals surface area contributed by atoms with Crippen molar-refractivity contribution >= 4 is 61.8 Å². The average Bonchev–Trinajstić information content (AvgIpc) is 3.86. The third-order valence-electron chi connectivity index (χ3n) is 12.1. The molecular formula is C50H32N2. The van der Waals surface area contributed by atoms with Gasteiger partial charge < -0.3 is 9.47 Å². The van der Waals surface area contributed by atoms with Gasteiger partial charge in [0.2, 0.25) is 0 Å². The van der Waals surface area contributed by atoms with Gasteiger partial charge in [0.1, 0.15) is 0 Å². The van der Waals surface area contributed by atoms with Crippen LogP contribution in [0, 0.1) is 0 Å². The fourth-order valence-electron chi connectivity index (χ4n) is 10.2. The van der Waals surface area contributed by atoms with Crippen LogP contribution < -0.4 is 4.90 Å². The van der Waals surface area contributed by atoms with Crippen LogP contribution in [-0.2, 0) is 12.5 Å². The number of nitrogens with zero attached hydrogens (tertiary/aromatic N) is 2. The van der Waals surface area contributed by atoms with Crippen LogP contribution >= 0.6 is 0 Å². The predicted octanol–water partition coefficient (Wildman–Crippen LogP) is 12.8. The summed E-state index contributed by atoms with van der Waals surface area (Å²) in [5, 5.41) is 5.29. The summed E-state index contributed by atoms with van der Waals surface area (Å²) >= 11 is 0. The van der Waals surface area contributed by atoms with Crippen molar-refractivity contribution in [2.24, 2.45) is 7.05 Å². The molecule has 3 aliphatic rings. The van der Waals surface area contributed by atoms with Crippen molar-refractivity contribution in [3.63, 3.8) is 0 Å². The molecule has 0 saturated heterocycles. The Morgan fingerprint density at radius 3 is 1.67 bits per heavy atom. The number of para-hydroxylation sites is 3. The SMILES string of the molecule is Cn1c2c(N(c3ccccc3)c3ccccc3)cccc2c2ccc3c(c21)-c1ccc2c4c(ccc(c14)C31c3ccccc3-c3ccccc31)C=C2. The second-order valence-corrected chi connectivity index (χ2v) is 14.5. The maximum absolute atomic E-state index is 2.49. The Kier molecular flexibility index (Phi) is 5.40. The van der Waals surface area contributed by atoms with Crippen LogP contribution in [0.2, 0.25) is 0 Å². The van der Waals surface area contributed by atoms with Crippen molar-refractivity contribution in [1.29, 1.82) is 0 Å². The van der Waals surface area contributed by atoms with Gasteiger partial charge in [-0.3, -0.25) is 0 Å². The summed E-state index contributed by atoms with van der Waals surface area (Å²) < 4.78 is 2.49. The molecule has 2 nitrogen and oxygen atoms in total. The number of aromatic nitrogens is 1. The molecule has 0 fully saturated rings. The van der Waals surface area contributed by atoms with Crippen molar-refractivity contribution in [3.05, 3.63) is 197 Å². The smallest absolute Gasteiger partial charge is 0.0733 e. The normalized spacial score (nSPS) is 13.9. The van der Waals surface area contributed by atoms with Gasteiger partial charge in [-0.1, -0.05) is 146 Å². The Balaban J connectivity index is 1.27. The van der Waals surface area contributed by atoms with Crippen molar-refractivity contribution < 1.29 is 0 Å². The Morgan fingerprint density at radius 1 is 0.423 bits per heavy atom. The summed E-state index contributed by atoms with van der Waals surface area (Å²) in [6.45, 7) is 0. The van der Waals surface area contributed by atoms with E-state index in [2.05, 4.69) is 192 Å². The lowest BCUT2D eigenvalue weighted by atomic mass is 9.61. The zero-order valence-electron chi connectivity index (χ0n) is 28.6. The molecule has 52 heavy (non-hydrogen) atoms. The molecule has 2 heteroatoms. The molecule has 0 unspecified atom stereocenters. The monoisotopic (exact) mass is 660 g/mol. The maximum Gasteiger partial charge on any atom is 0.0733 e. The van der Waals surface area contributed by atoms with E-state index in [0.29, 0.717) is 0 Å². The highest BCUT2D eigenvalue weighted by Gasteiger charge is 2.51. The lowest BCUT2D eigenvalue weighted by Crippen LogP contribution is -2.32. The van der Waals surface area contributed by atoms with E-state index in [1.807, 2.05) is 0 Å². The Hall–Kier alpha value is -6.64. The Labute approximate surface area is 302 Å². The number of fused-ring (bicyclic) bond motifs is 13. The quantitative estimate of drug-likeness (QED) is 0.183. The predicted molar refractivity (Wildman–Crippen MR) is 218 cm³/mol. The third kappa shape index (κ3) is 3.31. The summed E-state index contributed by atoms with van der Waals surface area (Å²) in [7, 11) is 2.28. The summed E-state index contributed by atoms with van der Waals surface area (Å²) in [5.41, 5.74) is 18.9. The molecule has 9 aromatic rings. The molecule has 0 N–H and O–H groups in total. The van der Waals surface area contributed by atoms with Gasteiger partial charge in [0.25, 0.3) is 0 Å². The highest BCUT2D eigenvalue weighted by molar-refractivity contribution is 6.22. The standard InChI is InChI=1S/C50H32N2/c1-51-48-37(19-12-22-44(48)52(33-13-4-2-5-14-33)34-15-6-3-7-16-34)38-28-30-43-47(49(38)51)39-27-25-31-23-24-32-26-29-42(46(39)45(31)32)50(43)40-20-10-8-17-35(40)36-18-9-11-21-41(36)50/h2-30H,1H3. The van der Waals surface area contributed by atoms with Gasteiger partial charge in [0.05, 0.1) is 22.1 Å². The molecule has 0 aliphatic heterocycles. The van der Waals surface area contributed by atoms with Crippen LogP contribution in [0.1, 0.15) is 33.4 Å². The lowest BCUT2D eigenvalue weighted by molar-refractivity contribution is 0.774. The molecule has 0 saturated carbocycles. The second kappa shape index (κ2) is 9.99. The molecule has 8 aromatic carbocycles. The first kappa shape index (κ1) is 28.1. The summed E-state index contributed by atoms with van der Waals surface area (Å²) in [6, 6.07) is 61.0. The minimum Gasteiger partial charge on any atom is -0.341 e. The van der Waals surface area contributed by atoms with Crippen molar-refractivity contribution in [2.45, 2.75) is 5.41 Å². The Morgan fingerprint density at radius 2 is 1.00 bits per heavy atom. The average molecular weight is 661 g/mol. The van der Waals surface area contributed by atoms with E-state index in [9.17, 15) is 0 Å². The van der Waals surface area contributed by atoms with E-state index in [1.54, 1.807) is 0 Å². The van der Waals surface area contributed by atoms with E-state index in [4.69, 9.17) is 0 Å². The molecule has 0 radical (unpaired) electrons. The van der Waals surface area contributed by atoms with Crippen molar-refractivity contribution in [3.8, 4) is 22.3 Å².